The van der Waals surface area contributed by atoms with E-state index in [0.29, 0.717) is 10.2 Å². The highest BCUT2D eigenvalue weighted by molar-refractivity contribution is 9.10. The van der Waals surface area contributed by atoms with E-state index in [1.807, 2.05) is 45.0 Å². The molecule has 9 heteroatoms. The third-order valence-electron chi connectivity index (χ3n) is 5.38. The van der Waals surface area contributed by atoms with Crippen LogP contribution in [0.15, 0.2) is 53.0 Å². The number of nitrogens with zero attached hydrogens (tertiary/aromatic N) is 2. The lowest BCUT2D eigenvalue weighted by molar-refractivity contribution is -0.139. The maximum absolute atomic E-state index is 13.5. The standard InChI is InChI=1S/C24H32BrN3O4S/c1-6-18(3)26-24(30)19(4)27(15-20-10-7-9-17(2)13-20)23(29)16-28(33(5,31)32)22-12-8-11-21(25)14-22/h7-14,18-19H,6,15-16H2,1-5H3,(H,26,30)/t18-,19+/m0/s1. The molecule has 2 atom stereocenters. The quantitative estimate of drug-likeness (QED) is 0.498. The zero-order valence-corrected chi connectivity index (χ0v) is 22.1. The Morgan fingerprint density at radius 2 is 1.76 bits per heavy atom. The molecular weight excluding hydrogens is 506 g/mol. The maximum atomic E-state index is 13.5. The molecule has 0 aromatic heterocycles. The Morgan fingerprint density at radius 3 is 2.33 bits per heavy atom. The fourth-order valence-corrected chi connectivity index (χ4v) is 4.53. The first-order valence-corrected chi connectivity index (χ1v) is 13.4. The van der Waals surface area contributed by atoms with Gasteiger partial charge in [-0.1, -0.05) is 58.7 Å². The lowest BCUT2D eigenvalue weighted by Gasteiger charge is -2.32. The van der Waals surface area contributed by atoms with Gasteiger partial charge in [0.1, 0.15) is 12.6 Å². The number of nitrogens with one attached hydrogen (secondary N) is 1. The molecule has 0 radical (unpaired) electrons. The molecule has 0 bridgehead atoms. The molecule has 1 N–H and O–H groups in total. The Kier molecular flexibility index (Phi) is 9.48. The van der Waals surface area contributed by atoms with Gasteiger partial charge in [0.05, 0.1) is 11.9 Å². The number of hydrogen-bond acceptors (Lipinski definition) is 4. The number of benzene rings is 2. The van der Waals surface area contributed by atoms with Crippen molar-refractivity contribution in [3.63, 3.8) is 0 Å². The van der Waals surface area contributed by atoms with Crippen LogP contribution < -0.4 is 9.62 Å². The molecule has 2 aromatic rings. The van der Waals surface area contributed by atoms with Gasteiger partial charge in [0.15, 0.2) is 0 Å². The van der Waals surface area contributed by atoms with Crippen molar-refractivity contribution >= 4 is 43.5 Å². The minimum Gasteiger partial charge on any atom is -0.352 e. The molecule has 0 spiro atoms. The summed E-state index contributed by atoms with van der Waals surface area (Å²) in [6.07, 6.45) is 1.82. The van der Waals surface area contributed by atoms with E-state index in [-0.39, 0.29) is 18.5 Å². The Labute approximate surface area is 205 Å². The van der Waals surface area contributed by atoms with Crippen molar-refractivity contribution in [3.8, 4) is 0 Å². The summed E-state index contributed by atoms with van der Waals surface area (Å²) < 4.78 is 26.9. The van der Waals surface area contributed by atoms with Crippen LogP contribution in [0.3, 0.4) is 0 Å². The molecule has 0 saturated heterocycles. The Hall–Kier alpha value is -2.39. The van der Waals surface area contributed by atoms with Crippen LogP contribution in [0.25, 0.3) is 0 Å². The van der Waals surface area contributed by atoms with Crippen LogP contribution in [0.5, 0.6) is 0 Å². The van der Waals surface area contributed by atoms with Crippen LogP contribution in [0, 0.1) is 6.92 Å². The molecule has 0 unspecified atom stereocenters. The minimum atomic E-state index is -3.75. The fraction of sp³-hybridized carbons (Fsp3) is 0.417. The average Bonchev–Trinajstić information content (AvgIpc) is 2.74. The van der Waals surface area contributed by atoms with Crippen molar-refractivity contribution in [2.75, 3.05) is 17.1 Å². The lowest BCUT2D eigenvalue weighted by atomic mass is 10.1. The first-order valence-electron chi connectivity index (χ1n) is 10.8. The van der Waals surface area contributed by atoms with Crippen LogP contribution in [0.2, 0.25) is 0 Å². The molecule has 7 nitrogen and oxygen atoms in total. The highest BCUT2D eigenvalue weighted by atomic mass is 79.9. The molecule has 2 rings (SSSR count). The summed E-state index contributed by atoms with van der Waals surface area (Å²) in [4.78, 5) is 27.8. The maximum Gasteiger partial charge on any atom is 0.244 e. The zero-order chi connectivity index (χ0) is 24.8. The average molecular weight is 539 g/mol. The van der Waals surface area contributed by atoms with Gasteiger partial charge < -0.3 is 10.2 Å². The van der Waals surface area contributed by atoms with E-state index in [0.717, 1.165) is 28.1 Å². The second-order valence-electron chi connectivity index (χ2n) is 8.25. The number of sulfonamides is 1. The van der Waals surface area contributed by atoms with Crippen molar-refractivity contribution < 1.29 is 18.0 Å². The smallest absolute Gasteiger partial charge is 0.244 e. The highest BCUT2D eigenvalue weighted by Crippen LogP contribution is 2.23. The van der Waals surface area contributed by atoms with Crippen molar-refractivity contribution in [1.82, 2.24) is 10.2 Å². The van der Waals surface area contributed by atoms with Crippen molar-refractivity contribution in [1.29, 1.82) is 0 Å². The molecule has 2 aromatic carbocycles. The third kappa shape index (κ3) is 7.85. The van der Waals surface area contributed by atoms with Crippen LogP contribution in [0.1, 0.15) is 38.3 Å². The summed E-state index contributed by atoms with van der Waals surface area (Å²) in [6, 6.07) is 13.6. The number of halogens is 1. The number of hydrogen-bond donors (Lipinski definition) is 1. The molecule has 0 aliphatic carbocycles. The molecule has 2 amide bonds. The van der Waals surface area contributed by atoms with E-state index in [1.54, 1.807) is 31.2 Å². The Bertz CT molecular complexity index is 1090. The first-order chi connectivity index (χ1) is 15.4. The van der Waals surface area contributed by atoms with Crippen molar-refractivity contribution in [2.24, 2.45) is 0 Å². The number of aryl methyl sites for hydroxylation is 1. The third-order valence-corrected chi connectivity index (χ3v) is 7.01. The van der Waals surface area contributed by atoms with Gasteiger partial charge in [-0.05, 0) is 51.0 Å². The van der Waals surface area contributed by atoms with Crippen LogP contribution in [-0.4, -0.2) is 50.0 Å². The summed E-state index contributed by atoms with van der Waals surface area (Å²) in [7, 11) is -3.75. The summed E-state index contributed by atoms with van der Waals surface area (Å²) in [5.41, 5.74) is 2.26. The van der Waals surface area contributed by atoms with E-state index in [1.165, 1.54) is 4.90 Å². The fourth-order valence-electron chi connectivity index (χ4n) is 3.30. The van der Waals surface area contributed by atoms with E-state index in [2.05, 4.69) is 21.2 Å². The topological polar surface area (TPSA) is 86.8 Å². The predicted molar refractivity (Wildman–Crippen MR) is 135 cm³/mol. The van der Waals surface area contributed by atoms with Crippen LogP contribution in [-0.2, 0) is 26.2 Å². The SMILES string of the molecule is CC[C@H](C)NC(=O)[C@@H](C)N(Cc1cccc(C)c1)C(=O)CN(c1cccc(Br)c1)S(C)(=O)=O. The minimum absolute atomic E-state index is 0.0370. The first kappa shape index (κ1) is 26.9. The number of carbonyl (C=O) groups excluding carboxylic acids is 2. The van der Waals surface area contributed by atoms with E-state index < -0.39 is 28.5 Å². The molecule has 0 aliphatic heterocycles. The van der Waals surface area contributed by atoms with Gasteiger partial charge in [0, 0.05) is 17.1 Å². The van der Waals surface area contributed by atoms with Crippen molar-refractivity contribution in [3.05, 3.63) is 64.1 Å². The molecular formula is C24H32BrN3O4S. The summed E-state index contributed by atoms with van der Waals surface area (Å²) in [6.45, 7) is 7.25. The predicted octanol–water partition coefficient (Wildman–Crippen LogP) is 3.86. The van der Waals surface area contributed by atoms with Gasteiger partial charge in [0.2, 0.25) is 21.8 Å². The summed E-state index contributed by atoms with van der Waals surface area (Å²) in [5, 5.41) is 2.91. The van der Waals surface area contributed by atoms with E-state index in [4.69, 9.17) is 0 Å². The van der Waals surface area contributed by atoms with E-state index in [9.17, 15) is 18.0 Å². The van der Waals surface area contributed by atoms with Gasteiger partial charge in [-0.3, -0.25) is 13.9 Å². The number of anilines is 1. The second kappa shape index (κ2) is 11.7. The lowest BCUT2D eigenvalue weighted by Crippen LogP contribution is -2.52. The normalized spacial score (nSPS) is 13.2. The van der Waals surface area contributed by atoms with Crippen LogP contribution >= 0.6 is 15.9 Å². The molecule has 0 fully saturated rings. The monoisotopic (exact) mass is 537 g/mol. The summed E-state index contributed by atoms with van der Waals surface area (Å²) >= 11 is 3.35. The highest BCUT2D eigenvalue weighted by Gasteiger charge is 2.30. The molecule has 33 heavy (non-hydrogen) atoms. The second-order valence-corrected chi connectivity index (χ2v) is 11.1. The summed E-state index contributed by atoms with van der Waals surface area (Å²) in [5.74, 6) is -0.743. The van der Waals surface area contributed by atoms with Gasteiger partial charge in [-0.25, -0.2) is 8.42 Å². The Balaban J connectivity index is 2.38. The zero-order valence-electron chi connectivity index (χ0n) is 19.7. The molecule has 0 aliphatic rings. The Morgan fingerprint density at radius 1 is 1.09 bits per heavy atom. The number of carbonyl (C=O) groups is 2. The molecule has 180 valence electrons. The van der Waals surface area contributed by atoms with Gasteiger partial charge in [-0.2, -0.15) is 0 Å². The molecule has 0 saturated carbocycles. The molecule has 0 heterocycles. The van der Waals surface area contributed by atoms with Crippen LogP contribution in [0.4, 0.5) is 5.69 Å². The number of rotatable bonds is 10. The van der Waals surface area contributed by atoms with E-state index >= 15 is 0 Å². The van der Waals surface area contributed by atoms with Gasteiger partial charge in [-0.15, -0.1) is 0 Å². The number of amides is 2. The van der Waals surface area contributed by atoms with Gasteiger partial charge >= 0.3 is 0 Å². The van der Waals surface area contributed by atoms with Gasteiger partial charge in [0.25, 0.3) is 0 Å². The van der Waals surface area contributed by atoms with Crippen molar-refractivity contribution in [2.45, 2.75) is 52.7 Å². The largest absolute Gasteiger partial charge is 0.352 e.